The second-order valence-electron chi connectivity index (χ2n) is 7.87. The van der Waals surface area contributed by atoms with E-state index >= 15 is 0 Å². The van der Waals surface area contributed by atoms with Crippen molar-refractivity contribution < 1.29 is 31.9 Å². The Morgan fingerprint density at radius 3 is 2.19 bits per heavy atom. The molecule has 0 aliphatic rings. The maximum atomic E-state index is 13.6. The first kappa shape index (κ1) is 26.3. The van der Waals surface area contributed by atoms with Crippen molar-refractivity contribution >= 4 is 28.9 Å². The third-order valence-electron chi connectivity index (χ3n) is 5.00. The van der Waals surface area contributed by atoms with Gasteiger partial charge in [-0.05, 0) is 49.4 Å². The minimum atomic E-state index is -3.14. The fourth-order valence-corrected chi connectivity index (χ4v) is 3.34. The van der Waals surface area contributed by atoms with E-state index in [-0.39, 0.29) is 34.0 Å². The first-order valence-electron chi connectivity index (χ1n) is 10.6. The Balaban J connectivity index is 1.84. The zero-order valence-electron chi connectivity index (χ0n) is 19.2. The summed E-state index contributed by atoms with van der Waals surface area (Å²) >= 11 is 0. The van der Waals surface area contributed by atoms with Crippen molar-refractivity contribution in [1.82, 2.24) is 4.98 Å². The summed E-state index contributed by atoms with van der Waals surface area (Å²) in [6, 6.07) is 13.7. The summed E-state index contributed by atoms with van der Waals surface area (Å²) in [4.78, 5) is 29.8. The second kappa shape index (κ2) is 11.0. The minimum absolute atomic E-state index is 0.0315. The molecule has 3 N–H and O–H groups in total. The van der Waals surface area contributed by atoms with Crippen LogP contribution in [0.4, 0.5) is 28.9 Å². The highest BCUT2D eigenvalue weighted by Crippen LogP contribution is 2.33. The van der Waals surface area contributed by atoms with Gasteiger partial charge >= 0.3 is 6.61 Å². The summed E-state index contributed by atoms with van der Waals surface area (Å²) in [5.74, 6) is -6.69. The summed E-state index contributed by atoms with van der Waals surface area (Å²) in [5, 5.41) is 12.8. The molecule has 1 atom stereocenters. The first-order valence-corrected chi connectivity index (χ1v) is 10.6. The molecule has 2 amide bonds. The molecule has 0 fully saturated rings. The van der Waals surface area contributed by atoms with Gasteiger partial charge in [-0.15, -0.1) is 0 Å². The van der Waals surface area contributed by atoms with Gasteiger partial charge in [0.1, 0.15) is 5.75 Å². The first-order chi connectivity index (χ1) is 17.0. The maximum Gasteiger partial charge on any atom is 0.387 e. The van der Waals surface area contributed by atoms with Crippen molar-refractivity contribution in [3.8, 4) is 17.0 Å². The lowest BCUT2D eigenvalue weighted by atomic mass is 10.0. The van der Waals surface area contributed by atoms with Gasteiger partial charge in [-0.2, -0.15) is 8.78 Å². The van der Waals surface area contributed by atoms with Gasteiger partial charge in [0.05, 0.1) is 5.69 Å². The third-order valence-corrected chi connectivity index (χ3v) is 5.00. The van der Waals surface area contributed by atoms with E-state index in [4.69, 9.17) is 5.41 Å². The van der Waals surface area contributed by atoms with Gasteiger partial charge in [0.2, 0.25) is 11.8 Å². The van der Waals surface area contributed by atoms with E-state index in [1.165, 1.54) is 49.5 Å². The molecule has 2 aromatic carbocycles. The molecule has 7 nitrogen and oxygen atoms in total. The Labute approximate surface area is 204 Å². The van der Waals surface area contributed by atoms with Crippen LogP contribution in [0.3, 0.4) is 0 Å². The van der Waals surface area contributed by atoms with E-state index in [0.717, 1.165) is 6.07 Å². The molecule has 0 saturated heterocycles. The van der Waals surface area contributed by atoms with Crippen molar-refractivity contribution in [2.24, 2.45) is 5.92 Å². The Morgan fingerprint density at radius 2 is 1.64 bits per heavy atom. The summed E-state index contributed by atoms with van der Waals surface area (Å²) in [6.07, 6.45) is 1.45. The highest BCUT2D eigenvalue weighted by atomic mass is 19.3. The number of hydrogen-bond acceptors (Lipinski definition) is 5. The van der Waals surface area contributed by atoms with E-state index in [2.05, 4.69) is 20.4 Å². The van der Waals surface area contributed by atoms with Gasteiger partial charge in [0.25, 0.3) is 5.92 Å². The number of alkyl halides is 4. The second-order valence-corrected chi connectivity index (χ2v) is 7.87. The zero-order chi connectivity index (χ0) is 26.5. The van der Waals surface area contributed by atoms with Crippen LogP contribution in [0.25, 0.3) is 11.3 Å². The molecule has 0 radical (unpaired) electrons. The molecule has 0 saturated carbocycles. The molecule has 11 heteroatoms. The molecular weight excluding hydrogens is 480 g/mol. The summed E-state index contributed by atoms with van der Waals surface area (Å²) in [6.45, 7) is -1.13. The Morgan fingerprint density at radius 1 is 0.972 bits per heavy atom. The Kier molecular flexibility index (Phi) is 8.03. The van der Waals surface area contributed by atoms with Crippen molar-refractivity contribution in [3.05, 3.63) is 72.4 Å². The number of pyridine rings is 1. The molecule has 3 rings (SSSR count). The molecule has 0 spiro atoms. The van der Waals surface area contributed by atoms with E-state index in [0.29, 0.717) is 12.6 Å². The van der Waals surface area contributed by atoms with Crippen LogP contribution in [-0.2, 0) is 15.5 Å². The van der Waals surface area contributed by atoms with Crippen LogP contribution in [0.5, 0.6) is 5.75 Å². The standard InChI is InChI=1S/C25H22F4N4O3/c1-14(30)21(22(34)32-16-7-5-6-15(12-16)25(2,28)29)23(35)33-17-9-10-20(36-24(26)27)18(13-17)19-8-3-4-11-31-19/h3-13,21,24,30H,1-2H3,(H,32,34)(H,33,35). The van der Waals surface area contributed by atoms with Gasteiger partial charge in [-0.3, -0.25) is 14.6 Å². The van der Waals surface area contributed by atoms with Crippen molar-refractivity contribution in [3.63, 3.8) is 0 Å². The molecule has 1 aromatic heterocycles. The monoisotopic (exact) mass is 502 g/mol. The molecular formula is C25H22F4N4O3. The van der Waals surface area contributed by atoms with Crippen LogP contribution in [0, 0.1) is 11.3 Å². The van der Waals surface area contributed by atoms with Gasteiger partial charge in [0.15, 0.2) is 5.92 Å². The molecule has 1 heterocycles. The molecule has 188 valence electrons. The number of aromatic nitrogens is 1. The average Bonchev–Trinajstić information content (AvgIpc) is 2.79. The summed E-state index contributed by atoms with van der Waals surface area (Å²) < 4.78 is 57.5. The number of nitrogens with one attached hydrogen (secondary N) is 3. The highest BCUT2D eigenvalue weighted by Gasteiger charge is 2.30. The lowest BCUT2D eigenvalue weighted by molar-refractivity contribution is -0.126. The van der Waals surface area contributed by atoms with Crippen molar-refractivity contribution in [2.45, 2.75) is 26.4 Å². The lowest BCUT2D eigenvalue weighted by Crippen LogP contribution is -2.38. The summed E-state index contributed by atoms with van der Waals surface area (Å²) in [5.41, 5.74) is -0.00321. The van der Waals surface area contributed by atoms with Crippen LogP contribution in [0.2, 0.25) is 0 Å². The Hall–Kier alpha value is -4.28. The van der Waals surface area contributed by atoms with Crippen LogP contribution in [0.15, 0.2) is 66.9 Å². The number of anilines is 2. The predicted molar refractivity (Wildman–Crippen MR) is 126 cm³/mol. The number of halogens is 4. The smallest absolute Gasteiger partial charge is 0.387 e. The van der Waals surface area contributed by atoms with Gasteiger partial charge in [0, 0.05) is 41.3 Å². The maximum absolute atomic E-state index is 13.6. The van der Waals surface area contributed by atoms with Crippen LogP contribution >= 0.6 is 0 Å². The number of carbonyl (C=O) groups is 2. The van der Waals surface area contributed by atoms with E-state index in [9.17, 15) is 27.2 Å². The topological polar surface area (TPSA) is 104 Å². The third kappa shape index (κ3) is 6.65. The SMILES string of the molecule is CC(=N)C(C(=O)Nc1cccc(C(C)(F)F)c1)C(=O)Nc1ccc(OC(F)F)c(-c2ccccn2)c1. The molecule has 0 aliphatic carbocycles. The number of carbonyl (C=O) groups excluding carboxylic acids is 2. The quantitative estimate of drug-likeness (QED) is 0.199. The van der Waals surface area contributed by atoms with Gasteiger partial charge in [-0.1, -0.05) is 18.2 Å². The fraction of sp³-hybridized carbons (Fsp3) is 0.200. The number of benzene rings is 2. The normalized spacial score (nSPS) is 12.1. The molecule has 1 unspecified atom stereocenters. The number of hydrogen-bond donors (Lipinski definition) is 3. The van der Waals surface area contributed by atoms with E-state index in [1.807, 2.05) is 0 Å². The van der Waals surface area contributed by atoms with Gasteiger partial charge in [-0.25, -0.2) is 8.78 Å². The molecule has 0 bridgehead atoms. The van der Waals surface area contributed by atoms with Crippen LogP contribution in [0.1, 0.15) is 19.4 Å². The Bertz CT molecular complexity index is 1260. The van der Waals surface area contributed by atoms with Crippen LogP contribution < -0.4 is 15.4 Å². The number of nitrogens with zero attached hydrogens (tertiary/aromatic N) is 1. The number of ether oxygens (including phenoxy) is 1. The summed E-state index contributed by atoms with van der Waals surface area (Å²) in [7, 11) is 0. The van der Waals surface area contributed by atoms with E-state index in [1.54, 1.807) is 18.2 Å². The predicted octanol–water partition coefficient (Wildman–Crippen LogP) is 5.69. The number of amides is 2. The molecule has 0 aliphatic heterocycles. The number of rotatable bonds is 9. The zero-order valence-corrected chi connectivity index (χ0v) is 19.2. The van der Waals surface area contributed by atoms with E-state index < -0.39 is 30.3 Å². The molecule has 36 heavy (non-hydrogen) atoms. The fourth-order valence-electron chi connectivity index (χ4n) is 3.34. The largest absolute Gasteiger partial charge is 0.434 e. The van der Waals surface area contributed by atoms with Crippen molar-refractivity contribution in [2.75, 3.05) is 10.6 Å². The van der Waals surface area contributed by atoms with Gasteiger partial charge < -0.3 is 20.8 Å². The average molecular weight is 502 g/mol. The van der Waals surface area contributed by atoms with Crippen molar-refractivity contribution in [1.29, 1.82) is 5.41 Å². The molecule has 3 aromatic rings. The van der Waals surface area contributed by atoms with Crippen LogP contribution in [-0.4, -0.2) is 29.1 Å². The lowest BCUT2D eigenvalue weighted by Gasteiger charge is -2.18. The minimum Gasteiger partial charge on any atom is -0.434 e. The highest BCUT2D eigenvalue weighted by molar-refractivity contribution is 6.24.